The third-order valence-electron chi connectivity index (χ3n) is 3.10. The molecular weight excluding hydrogens is 248 g/mol. The first-order valence-corrected chi connectivity index (χ1v) is 7.37. The minimum Gasteiger partial charge on any atom is -0.207 e. The largest absolute Gasteiger partial charge is 0.244 e. The van der Waals surface area contributed by atoms with Gasteiger partial charge >= 0.3 is 0 Å². The minimum absolute atomic E-state index is 0.00959. The molecule has 1 aliphatic rings. The van der Waals surface area contributed by atoms with Crippen LogP contribution < -0.4 is 0 Å². The fourth-order valence-electron chi connectivity index (χ4n) is 2.06. The van der Waals surface area contributed by atoms with Crippen molar-refractivity contribution in [3.63, 3.8) is 0 Å². The number of benzene rings is 1. The van der Waals surface area contributed by atoms with Crippen molar-refractivity contribution in [3.8, 4) is 6.07 Å². The van der Waals surface area contributed by atoms with Crippen molar-refractivity contribution in [2.24, 2.45) is 0 Å². The summed E-state index contributed by atoms with van der Waals surface area (Å²) in [5, 5.41) is 8.78. The molecule has 0 spiro atoms. The summed E-state index contributed by atoms with van der Waals surface area (Å²) < 4.78 is 26.3. The number of hydrogen-bond acceptors (Lipinski definition) is 3. The molecule has 1 saturated carbocycles. The van der Waals surface area contributed by atoms with Crippen molar-refractivity contribution in [1.29, 1.82) is 5.26 Å². The van der Waals surface area contributed by atoms with E-state index in [4.69, 9.17) is 5.26 Å². The summed E-state index contributed by atoms with van der Waals surface area (Å²) >= 11 is 0. The van der Waals surface area contributed by atoms with Gasteiger partial charge < -0.3 is 0 Å². The third-order valence-corrected chi connectivity index (χ3v) is 5.16. The number of nitriles is 1. The fourth-order valence-corrected chi connectivity index (χ4v) is 3.85. The molecular formula is C13H16N2O2S. The highest BCUT2D eigenvalue weighted by molar-refractivity contribution is 7.89. The van der Waals surface area contributed by atoms with E-state index in [-0.39, 0.29) is 12.6 Å². The van der Waals surface area contributed by atoms with Crippen molar-refractivity contribution in [3.05, 3.63) is 29.3 Å². The summed E-state index contributed by atoms with van der Waals surface area (Å²) in [6.45, 7) is 3.65. The van der Waals surface area contributed by atoms with Gasteiger partial charge in [0, 0.05) is 6.04 Å². The molecule has 0 aromatic heterocycles. The van der Waals surface area contributed by atoms with Gasteiger partial charge in [-0.1, -0.05) is 17.7 Å². The van der Waals surface area contributed by atoms with Gasteiger partial charge in [-0.25, -0.2) is 8.42 Å². The van der Waals surface area contributed by atoms with Gasteiger partial charge in [0.25, 0.3) is 0 Å². The predicted molar refractivity (Wildman–Crippen MR) is 68.4 cm³/mol. The molecule has 0 heterocycles. The van der Waals surface area contributed by atoms with Gasteiger partial charge in [0.05, 0.1) is 11.0 Å². The quantitative estimate of drug-likeness (QED) is 0.781. The molecule has 0 bridgehead atoms. The zero-order valence-electron chi connectivity index (χ0n) is 10.5. The Labute approximate surface area is 108 Å². The Morgan fingerprint density at radius 1 is 1.39 bits per heavy atom. The van der Waals surface area contributed by atoms with Gasteiger partial charge in [-0.2, -0.15) is 9.57 Å². The Morgan fingerprint density at radius 2 is 2.06 bits per heavy atom. The highest BCUT2D eigenvalue weighted by Gasteiger charge is 2.38. The molecule has 1 aromatic carbocycles. The molecule has 0 amide bonds. The summed E-state index contributed by atoms with van der Waals surface area (Å²) in [5.74, 6) is 0. The highest BCUT2D eigenvalue weighted by atomic mass is 32.2. The maximum atomic E-state index is 12.5. The predicted octanol–water partition coefficient (Wildman–Crippen LogP) is 1.98. The van der Waals surface area contributed by atoms with Crippen molar-refractivity contribution >= 4 is 10.0 Å². The van der Waals surface area contributed by atoms with Gasteiger partial charge in [0.15, 0.2) is 0 Å². The highest BCUT2D eigenvalue weighted by Crippen LogP contribution is 2.32. The van der Waals surface area contributed by atoms with E-state index in [1.54, 1.807) is 19.1 Å². The second kappa shape index (κ2) is 4.71. The molecule has 0 atom stereocenters. The summed E-state index contributed by atoms with van der Waals surface area (Å²) in [5.41, 5.74) is 1.77. The lowest BCUT2D eigenvalue weighted by atomic mass is 10.2. The van der Waals surface area contributed by atoms with Crippen molar-refractivity contribution < 1.29 is 8.42 Å². The lowest BCUT2D eigenvalue weighted by molar-refractivity contribution is 0.438. The van der Waals surface area contributed by atoms with Gasteiger partial charge in [-0.3, -0.25) is 0 Å². The monoisotopic (exact) mass is 264 g/mol. The van der Waals surface area contributed by atoms with Crippen LogP contribution in [0.5, 0.6) is 0 Å². The number of aryl methyl sites for hydroxylation is 2. The molecule has 1 aliphatic carbocycles. The average Bonchev–Trinajstić information content (AvgIpc) is 3.08. The van der Waals surface area contributed by atoms with E-state index < -0.39 is 10.0 Å². The van der Waals surface area contributed by atoms with E-state index in [1.165, 1.54) is 4.31 Å². The van der Waals surface area contributed by atoms with E-state index in [0.717, 1.165) is 24.0 Å². The van der Waals surface area contributed by atoms with Gasteiger partial charge in [-0.05, 0) is 38.3 Å². The van der Waals surface area contributed by atoms with Crippen LogP contribution >= 0.6 is 0 Å². The normalized spacial score (nSPS) is 15.7. The van der Waals surface area contributed by atoms with Crippen LogP contribution in [0.3, 0.4) is 0 Å². The topological polar surface area (TPSA) is 61.2 Å². The van der Waals surface area contributed by atoms with Crippen molar-refractivity contribution in [1.82, 2.24) is 4.31 Å². The number of hydrogen-bond donors (Lipinski definition) is 0. The molecule has 0 radical (unpaired) electrons. The van der Waals surface area contributed by atoms with Crippen LogP contribution in [0.15, 0.2) is 23.1 Å². The number of nitrogens with zero attached hydrogens (tertiary/aromatic N) is 2. The second-order valence-electron chi connectivity index (χ2n) is 4.71. The Balaban J connectivity index is 2.43. The van der Waals surface area contributed by atoms with Crippen LogP contribution in [0.25, 0.3) is 0 Å². The molecule has 0 saturated heterocycles. The zero-order chi connectivity index (χ0) is 13.3. The van der Waals surface area contributed by atoms with E-state index in [1.807, 2.05) is 19.1 Å². The van der Waals surface area contributed by atoms with Crippen molar-refractivity contribution in [2.45, 2.75) is 37.6 Å². The number of rotatable bonds is 4. The first-order valence-electron chi connectivity index (χ1n) is 5.93. The van der Waals surface area contributed by atoms with Crippen LogP contribution in [0.1, 0.15) is 24.0 Å². The van der Waals surface area contributed by atoms with Crippen LogP contribution in [-0.4, -0.2) is 25.3 Å². The van der Waals surface area contributed by atoms with Crippen molar-refractivity contribution in [2.75, 3.05) is 6.54 Å². The third kappa shape index (κ3) is 2.40. The van der Waals surface area contributed by atoms with E-state index in [2.05, 4.69) is 0 Å². The Kier molecular flexibility index (Phi) is 3.42. The fraction of sp³-hybridized carbons (Fsp3) is 0.462. The molecule has 18 heavy (non-hydrogen) atoms. The average molecular weight is 264 g/mol. The first-order chi connectivity index (χ1) is 8.46. The van der Waals surface area contributed by atoms with Crippen LogP contribution in [0, 0.1) is 25.2 Å². The van der Waals surface area contributed by atoms with Gasteiger partial charge in [-0.15, -0.1) is 0 Å². The van der Waals surface area contributed by atoms with Crippen LogP contribution in [0.2, 0.25) is 0 Å². The lowest BCUT2D eigenvalue weighted by Gasteiger charge is -2.20. The molecule has 1 fully saturated rings. The molecule has 2 rings (SSSR count). The minimum atomic E-state index is -3.54. The van der Waals surface area contributed by atoms with E-state index >= 15 is 0 Å². The van der Waals surface area contributed by atoms with Crippen LogP contribution in [-0.2, 0) is 10.0 Å². The standard InChI is InChI=1S/C13H16N2O2S/c1-10-3-6-13(11(2)9-10)18(16,17)15(8-7-14)12-4-5-12/h3,6,9,12H,4-5,8H2,1-2H3. The SMILES string of the molecule is Cc1ccc(S(=O)(=O)N(CC#N)C2CC2)c(C)c1. The Morgan fingerprint density at radius 3 is 2.56 bits per heavy atom. The molecule has 5 heteroatoms. The second-order valence-corrected chi connectivity index (χ2v) is 6.57. The van der Waals surface area contributed by atoms with Crippen LogP contribution in [0.4, 0.5) is 0 Å². The molecule has 1 aromatic rings. The lowest BCUT2D eigenvalue weighted by Crippen LogP contribution is -2.33. The Hall–Kier alpha value is -1.38. The molecule has 0 unspecified atom stereocenters. The summed E-state index contributed by atoms with van der Waals surface area (Å²) in [6, 6.07) is 7.22. The molecule has 0 N–H and O–H groups in total. The van der Waals surface area contributed by atoms with E-state index in [9.17, 15) is 8.42 Å². The first kappa shape index (κ1) is 13.1. The smallest absolute Gasteiger partial charge is 0.207 e. The maximum absolute atomic E-state index is 12.5. The zero-order valence-corrected chi connectivity index (χ0v) is 11.4. The van der Waals surface area contributed by atoms with Gasteiger partial charge in [0.2, 0.25) is 10.0 Å². The summed E-state index contributed by atoms with van der Waals surface area (Å²) in [6.07, 6.45) is 1.71. The molecule has 0 aliphatic heterocycles. The van der Waals surface area contributed by atoms with Gasteiger partial charge in [0.1, 0.15) is 6.54 Å². The van der Waals surface area contributed by atoms with E-state index in [0.29, 0.717) is 4.90 Å². The Bertz CT molecular complexity index is 598. The summed E-state index contributed by atoms with van der Waals surface area (Å²) in [7, 11) is -3.54. The maximum Gasteiger partial charge on any atom is 0.244 e. The summed E-state index contributed by atoms with van der Waals surface area (Å²) in [4.78, 5) is 0.315. The molecule has 96 valence electrons. The molecule has 4 nitrogen and oxygen atoms in total. The number of sulfonamides is 1.